The number of nitrogens with zero attached hydrogens (tertiary/aromatic N) is 2. The van der Waals surface area contributed by atoms with E-state index in [0.717, 1.165) is 29.0 Å². The van der Waals surface area contributed by atoms with E-state index in [9.17, 15) is 4.79 Å². The molecule has 6 heteroatoms. The molecule has 0 fully saturated rings. The van der Waals surface area contributed by atoms with E-state index < -0.39 is 0 Å². The number of aromatic nitrogens is 2. The van der Waals surface area contributed by atoms with Gasteiger partial charge in [0, 0.05) is 30.3 Å². The molecule has 1 aliphatic rings. The molecule has 0 aliphatic carbocycles. The predicted octanol–water partition coefficient (Wildman–Crippen LogP) is 3.28. The van der Waals surface area contributed by atoms with Gasteiger partial charge in [-0.05, 0) is 32.0 Å². The summed E-state index contributed by atoms with van der Waals surface area (Å²) < 4.78 is 13.5. The molecule has 0 radical (unpaired) electrons. The fourth-order valence-electron chi connectivity index (χ4n) is 3.27. The lowest BCUT2D eigenvalue weighted by Gasteiger charge is -2.18. The molecule has 6 nitrogen and oxygen atoms in total. The van der Waals surface area contributed by atoms with E-state index in [1.54, 1.807) is 10.9 Å². The van der Waals surface area contributed by atoms with Gasteiger partial charge in [-0.1, -0.05) is 30.3 Å². The molecule has 1 aliphatic heterocycles. The van der Waals surface area contributed by atoms with Crippen LogP contribution in [0.2, 0.25) is 0 Å². The highest BCUT2D eigenvalue weighted by Gasteiger charge is 2.32. The van der Waals surface area contributed by atoms with Crippen LogP contribution in [0.5, 0.6) is 11.5 Å². The molecule has 144 valence electrons. The third kappa shape index (κ3) is 4.01. The maximum atomic E-state index is 12.2. The molecule has 2 aromatic carbocycles. The molecular weight excluding hydrogens is 354 g/mol. The lowest BCUT2D eigenvalue weighted by Crippen LogP contribution is -2.28. The first kappa shape index (κ1) is 18.1. The van der Waals surface area contributed by atoms with Crippen LogP contribution < -0.4 is 14.8 Å². The minimum absolute atomic E-state index is 0.0624. The van der Waals surface area contributed by atoms with Crippen molar-refractivity contribution in [1.29, 1.82) is 0 Å². The van der Waals surface area contributed by atoms with Crippen LogP contribution in [0, 0.1) is 0 Å². The molecule has 4 rings (SSSR count). The van der Waals surface area contributed by atoms with Gasteiger partial charge in [0.1, 0.15) is 5.60 Å². The Labute approximate surface area is 164 Å². The number of para-hydroxylation sites is 2. The third-order valence-electron chi connectivity index (χ3n) is 4.56. The second-order valence-electron chi connectivity index (χ2n) is 7.48. The van der Waals surface area contributed by atoms with E-state index >= 15 is 0 Å². The normalized spacial score (nSPS) is 14.2. The second-order valence-corrected chi connectivity index (χ2v) is 7.48. The second kappa shape index (κ2) is 7.38. The molecule has 0 saturated carbocycles. The van der Waals surface area contributed by atoms with E-state index in [0.29, 0.717) is 12.3 Å². The number of ether oxygens (including phenoxy) is 2. The summed E-state index contributed by atoms with van der Waals surface area (Å²) in [7, 11) is 0. The Kier molecular flexibility index (Phi) is 4.77. The Morgan fingerprint density at radius 1 is 1.21 bits per heavy atom. The molecule has 1 N–H and O–H groups in total. The van der Waals surface area contributed by atoms with Crippen molar-refractivity contribution in [2.75, 3.05) is 6.61 Å². The number of fused-ring (bicyclic) bond motifs is 1. The largest absolute Gasteiger partial charge is 0.483 e. The first-order valence-corrected chi connectivity index (χ1v) is 9.29. The maximum absolute atomic E-state index is 12.2. The molecule has 0 saturated heterocycles. The van der Waals surface area contributed by atoms with Crippen LogP contribution >= 0.6 is 0 Å². The Bertz CT molecular complexity index is 980. The van der Waals surface area contributed by atoms with Crippen LogP contribution in [-0.4, -0.2) is 27.9 Å². The number of hydrogen-bond donors (Lipinski definition) is 1. The Balaban J connectivity index is 1.31. The SMILES string of the molecule is CC1(C)Cc2cccc(OCC(=O)NCc3cnn(-c4ccccc4)c3)c2O1. The highest BCUT2D eigenvalue weighted by atomic mass is 16.5. The van der Waals surface area contributed by atoms with Crippen molar-refractivity contribution in [3.8, 4) is 17.2 Å². The summed E-state index contributed by atoms with van der Waals surface area (Å²) >= 11 is 0. The summed E-state index contributed by atoms with van der Waals surface area (Å²) in [4.78, 5) is 12.2. The van der Waals surface area contributed by atoms with Crippen molar-refractivity contribution in [3.05, 3.63) is 72.1 Å². The molecule has 0 bridgehead atoms. The standard InChI is InChI=1S/C22H23N3O3/c1-22(2)11-17-7-6-10-19(21(17)28-22)27-15-20(26)23-12-16-13-24-25(14-16)18-8-4-3-5-9-18/h3-10,13-14H,11-12,15H2,1-2H3,(H,23,26). The Morgan fingerprint density at radius 3 is 2.86 bits per heavy atom. The predicted molar refractivity (Wildman–Crippen MR) is 106 cm³/mol. The minimum Gasteiger partial charge on any atom is -0.483 e. The molecule has 0 unspecified atom stereocenters. The van der Waals surface area contributed by atoms with Gasteiger partial charge in [0.2, 0.25) is 0 Å². The van der Waals surface area contributed by atoms with Crippen LogP contribution in [0.4, 0.5) is 0 Å². The van der Waals surface area contributed by atoms with Gasteiger partial charge in [-0.25, -0.2) is 4.68 Å². The average molecular weight is 377 g/mol. The summed E-state index contributed by atoms with van der Waals surface area (Å²) in [5.41, 5.74) is 2.76. The monoisotopic (exact) mass is 377 g/mol. The first-order chi connectivity index (χ1) is 13.5. The van der Waals surface area contributed by atoms with Crippen molar-refractivity contribution in [3.63, 3.8) is 0 Å². The van der Waals surface area contributed by atoms with Gasteiger partial charge >= 0.3 is 0 Å². The zero-order valence-electron chi connectivity index (χ0n) is 16.0. The van der Waals surface area contributed by atoms with E-state index in [2.05, 4.69) is 10.4 Å². The average Bonchev–Trinajstić information content (AvgIpc) is 3.28. The quantitative estimate of drug-likeness (QED) is 0.716. The van der Waals surface area contributed by atoms with Gasteiger partial charge in [-0.3, -0.25) is 4.79 Å². The highest BCUT2D eigenvalue weighted by Crippen LogP contribution is 2.41. The molecule has 0 spiro atoms. The number of carbonyl (C=O) groups is 1. The molecule has 0 atom stereocenters. The lowest BCUT2D eigenvalue weighted by molar-refractivity contribution is -0.123. The molecular formula is C22H23N3O3. The summed E-state index contributed by atoms with van der Waals surface area (Å²) in [5.74, 6) is 1.15. The minimum atomic E-state index is -0.247. The van der Waals surface area contributed by atoms with Gasteiger partial charge < -0.3 is 14.8 Å². The first-order valence-electron chi connectivity index (χ1n) is 9.29. The van der Waals surface area contributed by atoms with Crippen LogP contribution in [0.25, 0.3) is 5.69 Å². The molecule has 1 amide bonds. The van der Waals surface area contributed by atoms with Crippen molar-refractivity contribution in [1.82, 2.24) is 15.1 Å². The zero-order chi connectivity index (χ0) is 19.6. The van der Waals surface area contributed by atoms with Crippen LogP contribution in [0.15, 0.2) is 60.9 Å². The maximum Gasteiger partial charge on any atom is 0.258 e. The topological polar surface area (TPSA) is 65.4 Å². The van der Waals surface area contributed by atoms with Crippen molar-refractivity contribution < 1.29 is 14.3 Å². The van der Waals surface area contributed by atoms with Crippen LogP contribution in [0.3, 0.4) is 0 Å². The summed E-state index contributed by atoms with van der Waals surface area (Å²) in [6.07, 6.45) is 4.47. The van der Waals surface area contributed by atoms with Gasteiger partial charge in [0.15, 0.2) is 18.1 Å². The third-order valence-corrected chi connectivity index (χ3v) is 4.56. The molecule has 2 heterocycles. The number of rotatable bonds is 6. The van der Waals surface area contributed by atoms with E-state index in [-0.39, 0.29) is 18.1 Å². The lowest BCUT2D eigenvalue weighted by atomic mass is 10.0. The van der Waals surface area contributed by atoms with Crippen LogP contribution in [0.1, 0.15) is 25.0 Å². The molecule has 3 aromatic rings. The van der Waals surface area contributed by atoms with E-state index in [1.807, 2.05) is 68.6 Å². The van der Waals surface area contributed by atoms with Gasteiger partial charge in [0.25, 0.3) is 5.91 Å². The van der Waals surface area contributed by atoms with Crippen molar-refractivity contribution in [2.24, 2.45) is 0 Å². The smallest absolute Gasteiger partial charge is 0.258 e. The van der Waals surface area contributed by atoms with Crippen molar-refractivity contribution in [2.45, 2.75) is 32.4 Å². The Morgan fingerprint density at radius 2 is 2.04 bits per heavy atom. The number of nitrogens with one attached hydrogen (secondary N) is 1. The number of benzene rings is 2. The molecule has 1 aromatic heterocycles. The molecule has 28 heavy (non-hydrogen) atoms. The summed E-state index contributed by atoms with van der Waals surface area (Å²) in [5, 5.41) is 7.19. The van der Waals surface area contributed by atoms with Crippen LogP contribution in [-0.2, 0) is 17.8 Å². The number of hydrogen-bond acceptors (Lipinski definition) is 4. The number of amides is 1. The van der Waals surface area contributed by atoms with Gasteiger partial charge in [-0.2, -0.15) is 5.10 Å². The number of carbonyl (C=O) groups excluding carboxylic acids is 1. The zero-order valence-corrected chi connectivity index (χ0v) is 16.0. The summed E-state index contributed by atoms with van der Waals surface area (Å²) in [6.45, 7) is 4.41. The van der Waals surface area contributed by atoms with E-state index in [4.69, 9.17) is 9.47 Å². The van der Waals surface area contributed by atoms with E-state index in [1.165, 1.54) is 0 Å². The Hall–Kier alpha value is -3.28. The fraction of sp³-hybridized carbons (Fsp3) is 0.273. The fourth-order valence-corrected chi connectivity index (χ4v) is 3.27. The van der Waals surface area contributed by atoms with Gasteiger partial charge in [-0.15, -0.1) is 0 Å². The van der Waals surface area contributed by atoms with Gasteiger partial charge in [0.05, 0.1) is 11.9 Å². The highest BCUT2D eigenvalue weighted by molar-refractivity contribution is 5.77. The summed E-state index contributed by atoms with van der Waals surface area (Å²) in [6, 6.07) is 15.6. The van der Waals surface area contributed by atoms with Crippen molar-refractivity contribution >= 4 is 5.91 Å².